The summed E-state index contributed by atoms with van der Waals surface area (Å²) in [5.41, 5.74) is 1.55. The highest BCUT2D eigenvalue weighted by Gasteiger charge is 2.34. The largest absolute Gasteiger partial charge is 0.496 e. The maximum Gasteiger partial charge on any atom is 0.338 e. The molecule has 1 aliphatic rings. The van der Waals surface area contributed by atoms with Crippen LogP contribution in [0.15, 0.2) is 75.0 Å². The van der Waals surface area contributed by atoms with Gasteiger partial charge < -0.3 is 9.47 Å². The summed E-state index contributed by atoms with van der Waals surface area (Å²) < 4.78 is 13.2. The Morgan fingerprint density at radius 3 is 2.65 bits per heavy atom. The van der Waals surface area contributed by atoms with Gasteiger partial charge in [-0.1, -0.05) is 47.7 Å². The highest BCUT2D eigenvalue weighted by Crippen LogP contribution is 2.37. The number of carbonyl (C=O) groups is 1. The summed E-state index contributed by atoms with van der Waals surface area (Å²) >= 11 is 2.89. The van der Waals surface area contributed by atoms with E-state index in [2.05, 4.69) is 4.99 Å². The number of aromatic nitrogens is 1. The fraction of sp³-hybridized carbons (Fsp3) is 0.192. The van der Waals surface area contributed by atoms with Crippen LogP contribution in [0.4, 0.5) is 0 Å². The van der Waals surface area contributed by atoms with Crippen LogP contribution in [0.2, 0.25) is 0 Å². The summed E-state index contributed by atoms with van der Waals surface area (Å²) in [4.78, 5) is 33.0. The molecule has 0 unspecified atom stereocenters. The second-order valence-corrected chi connectivity index (χ2v) is 9.71. The number of thiophene rings is 1. The molecule has 0 fully saturated rings. The lowest BCUT2D eigenvalue weighted by Crippen LogP contribution is -2.40. The van der Waals surface area contributed by atoms with Crippen LogP contribution in [0.1, 0.15) is 30.3 Å². The number of fused-ring (bicyclic) bond motifs is 2. The van der Waals surface area contributed by atoms with Gasteiger partial charge in [0.05, 0.1) is 35.6 Å². The summed E-state index contributed by atoms with van der Waals surface area (Å²) in [6.07, 6.45) is 1.88. The lowest BCUT2D eigenvalue weighted by atomic mass is 9.91. The molecule has 0 spiro atoms. The highest BCUT2D eigenvalue weighted by molar-refractivity contribution is 7.11. The third-order valence-corrected chi connectivity index (χ3v) is 7.57. The molecule has 4 aromatic rings. The topological polar surface area (TPSA) is 69.9 Å². The summed E-state index contributed by atoms with van der Waals surface area (Å²) in [6, 6.07) is 14.9. The quantitative estimate of drug-likeness (QED) is 0.396. The van der Waals surface area contributed by atoms with Gasteiger partial charge in [-0.05, 0) is 48.4 Å². The van der Waals surface area contributed by atoms with E-state index >= 15 is 0 Å². The zero-order valence-electron chi connectivity index (χ0n) is 18.9. The van der Waals surface area contributed by atoms with E-state index < -0.39 is 12.0 Å². The molecular formula is C26H22N2O4S2. The molecule has 172 valence electrons. The molecule has 0 amide bonds. The molecule has 0 N–H and O–H groups in total. The first kappa shape index (κ1) is 22.3. The van der Waals surface area contributed by atoms with E-state index in [0.717, 1.165) is 27.0 Å². The van der Waals surface area contributed by atoms with Crippen molar-refractivity contribution in [3.05, 3.63) is 95.3 Å². The number of allylic oxidation sites excluding steroid dienone is 1. The number of hydrogen-bond acceptors (Lipinski definition) is 7. The Bertz CT molecular complexity index is 1610. The van der Waals surface area contributed by atoms with Gasteiger partial charge in [-0.2, -0.15) is 0 Å². The molecular weight excluding hydrogens is 468 g/mol. The number of hydrogen-bond donors (Lipinski definition) is 0. The Labute approximate surface area is 203 Å². The number of ether oxygens (including phenoxy) is 2. The van der Waals surface area contributed by atoms with Crippen LogP contribution >= 0.6 is 22.7 Å². The molecule has 5 rings (SSSR count). The van der Waals surface area contributed by atoms with Crippen molar-refractivity contribution in [2.24, 2.45) is 4.99 Å². The molecule has 34 heavy (non-hydrogen) atoms. The van der Waals surface area contributed by atoms with E-state index in [1.54, 1.807) is 36.9 Å². The first-order chi connectivity index (χ1) is 16.5. The Morgan fingerprint density at radius 2 is 1.94 bits per heavy atom. The summed E-state index contributed by atoms with van der Waals surface area (Å²) in [5.74, 6) is 0.254. The standard InChI is InChI=1S/C26H22N2O4S2/c1-4-32-25(30)22-15(2)27-26-28(24(29)21(34-26)14-16-8-7-13-33-16)23(22)19-11-12-20(31-3)18-10-6-5-9-17(18)19/h5-14,23H,4H2,1-3H3/b21-14-/t23-/m0/s1. The Hall–Kier alpha value is -3.49. The minimum Gasteiger partial charge on any atom is -0.496 e. The van der Waals surface area contributed by atoms with Gasteiger partial charge in [0, 0.05) is 10.3 Å². The van der Waals surface area contributed by atoms with Gasteiger partial charge in [0.2, 0.25) is 0 Å². The second kappa shape index (κ2) is 9.04. The molecule has 0 saturated heterocycles. The van der Waals surface area contributed by atoms with Crippen molar-refractivity contribution >= 4 is 45.5 Å². The number of carbonyl (C=O) groups excluding carboxylic acids is 1. The predicted molar refractivity (Wildman–Crippen MR) is 135 cm³/mol. The normalized spacial score (nSPS) is 15.9. The van der Waals surface area contributed by atoms with Crippen molar-refractivity contribution in [1.29, 1.82) is 0 Å². The molecule has 0 aliphatic carbocycles. The molecule has 0 radical (unpaired) electrons. The van der Waals surface area contributed by atoms with Crippen LogP contribution in [-0.2, 0) is 9.53 Å². The summed E-state index contributed by atoms with van der Waals surface area (Å²) in [6.45, 7) is 3.79. The minimum absolute atomic E-state index is 0.184. The van der Waals surface area contributed by atoms with Crippen LogP contribution in [0, 0.1) is 0 Å². The third-order valence-electron chi connectivity index (χ3n) is 5.77. The van der Waals surface area contributed by atoms with E-state index in [4.69, 9.17) is 9.47 Å². The number of thiazole rings is 1. The van der Waals surface area contributed by atoms with Gasteiger partial charge in [0.15, 0.2) is 4.80 Å². The number of nitrogens with zero attached hydrogens (tertiary/aromatic N) is 2. The van der Waals surface area contributed by atoms with E-state index in [-0.39, 0.29) is 12.2 Å². The number of benzene rings is 2. The van der Waals surface area contributed by atoms with Crippen LogP contribution in [0.5, 0.6) is 5.75 Å². The fourth-order valence-electron chi connectivity index (χ4n) is 4.30. The third kappa shape index (κ3) is 3.69. The lowest BCUT2D eigenvalue weighted by Gasteiger charge is -2.26. The fourth-order valence-corrected chi connectivity index (χ4v) is 6.07. The Morgan fingerprint density at radius 1 is 1.15 bits per heavy atom. The molecule has 6 nitrogen and oxygen atoms in total. The molecule has 0 saturated carbocycles. The molecule has 2 aromatic heterocycles. The van der Waals surface area contributed by atoms with Crippen molar-refractivity contribution in [2.75, 3.05) is 13.7 Å². The van der Waals surface area contributed by atoms with Gasteiger partial charge in [-0.3, -0.25) is 9.36 Å². The van der Waals surface area contributed by atoms with Crippen molar-refractivity contribution in [1.82, 2.24) is 4.57 Å². The number of methoxy groups -OCH3 is 1. The zero-order chi connectivity index (χ0) is 23.8. The minimum atomic E-state index is -0.670. The van der Waals surface area contributed by atoms with Crippen molar-refractivity contribution < 1.29 is 14.3 Å². The molecule has 3 heterocycles. The van der Waals surface area contributed by atoms with Crippen LogP contribution in [0.25, 0.3) is 16.8 Å². The first-order valence-electron chi connectivity index (χ1n) is 10.8. The van der Waals surface area contributed by atoms with E-state index in [1.165, 1.54) is 11.3 Å². The van der Waals surface area contributed by atoms with E-state index in [0.29, 0.717) is 20.6 Å². The van der Waals surface area contributed by atoms with E-state index in [1.807, 2.05) is 60.0 Å². The SMILES string of the molecule is CCOC(=O)C1=C(C)N=c2s/c(=C\c3cccs3)c(=O)n2[C@H]1c1ccc(OC)c2ccccc12. The van der Waals surface area contributed by atoms with Gasteiger partial charge >= 0.3 is 5.97 Å². The highest BCUT2D eigenvalue weighted by atomic mass is 32.1. The Balaban J connectivity index is 1.83. The van der Waals surface area contributed by atoms with Crippen LogP contribution in [0.3, 0.4) is 0 Å². The zero-order valence-corrected chi connectivity index (χ0v) is 20.5. The molecule has 2 aromatic carbocycles. The van der Waals surface area contributed by atoms with Crippen molar-refractivity contribution in [2.45, 2.75) is 19.9 Å². The van der Waals surface area contributed by atoms with Gasteiger partial charge in [0.25, 0.3) is 5.56 Å². The molecule has 0 bridgehead atoms. The summed E-state index contributed by atoms with van der Waals surface area (Å²) in [7, 11) is 1.63. The van der Waals surface area contributed by atoms with Crippen LogP contribution < -0.4 is 19.6 Å². The second-order valence-electron chi connectivity index (χ2n) is 7.72. The Kier molecular flexibility index (Phi) is 5.93. The molecule has 1 aliphatic heterocycles. The number of esters is 1. The predicted octanol–water partition coefficient (Wildman–Crippen LogP) is 4.02. The lowest BCUT2D eigenvalue weighted by molar-refractivity contribution is -0.139. The number of rotatable bonds is 5. The molecule has 8 heteroatoms. The maximum absolute atomic E-state index is 13.7. The van der Waals surface area contributed by atoms with Gasteiger partial charge in [-0.25, -0.2) is 9.79 Å². The van der Waals surface area contributed by atoms with E-state index in [9.17, 15) is 9.59 Å². The maximum atomic E-state index is 13.7. The first-order valence-corrected chi connectivity index (χ1v) is 12.5. The summed E-state index contributed by atoms with van der Waals surface area (Å²) in [5, 5.41) is 3.77. The van der Waals surface area contributed by atoms with Crippen LogP contribution in [-0.4, -0.2) is 24.3 Å². The van der Waals surface area contributed by atoms with Crippen molar-refractivity contribution in [3.63, 3.8) is 0 Å². The van der Waals surface area contributed by atoms with Gasteiger partial charge in [-0.15, -0.1) is 11.3 Å². The average molecular weight is 491 g/mol. The van der Waals surface area contributed by atoms with Gasteiger partial charge in [0.1, 0.15) is 5.75 Å². The molecule has 1 atom stereocenters. The monoisotopic (exact) mass is 490 g/mol. The smallest absolute Gasteiger partial charge is 0.338 e. The van der Waals surface area contributed by atoms with Crippen molar-refractivity contribution in [3.8, 4) is 5.75 Å². The average Bonchev–Trinajstić information content (AvgIpc) is 3.45.